The van der Waals surface area contributed by atoms with E-state index in [1.807, 2.05) is 24.3 Å². The molecule has 0 amide bonds. The molecule has 6 unspecified atom stereocenters. The Morgan fingerprint density at radius 2 is 0.816 bits per heavy atom. The minimum Gasteiger partial charge on any atom is -0.463 e. The molecule has 272 valence electrons. The van der Waals surface area contributed by atoms with Gasteiger partial charge < -0.3 is 37.9 Å². The van der Waals surface area contributed by atoms with Gasteiger partial charge in [-0.1, -0.05) is 27.0 Å². The highest BCUT2D eigenvalue weighted by atomic mass is 79.9. The molecular weight excluding hydrogens is 900 g/mol. The molecule has 14 heteroatoms. The third kappa shape index (κ3) is 13.4. The molecule has 6 atom stereocenters. The zero-order valence-electron chi connectivity index (χ0n) is 29.3. The lowest BCUT2D eigenvalue weighted by Crippen LogP contribution is -2.29. The van der Waals surface area contributed by atoms with E-state index in [2.05, 4.69) is 90.7 Å². The van der Waals surface area contributed by atoms with Crippen molar-refractivity contribution in [3.05, 3.63) is 77.6 Å². The van der Waals surface area contributed by atoms with Gasteiger partial charge >= 0.3 is 11.9 Å². The first kappa shape index (κ1) is 43.4. The Morgan fingerprint density at radius 1 is 0.551 bits per heavy atom. The molecule has 0 N–H and O–H groups in total. The van der Waals surface area contributed by atoms with Crippen molar-refractivity contribution < 1.29 is 47.5 Å². The van der Waals surface area contributed by atoms with Crippen LogP contribution in [0.4, 0.5) is 0 Å². The summed E-state index contributed by atoms with van der Waals surface area (Å²) in [6.45, 7) is 24.5. The highest BCUT2D eigenvalue weighted by molar-refractivity contribution is 9.11. The van der Waals surface area contributed by atoms with Crippen LogP contribution in [-0.2, 0) is 43.4 Å². The molecule has 0 aliphatic rings. The maximum absolute atomic E-state index is 11.7. The van der Waals surface area contributed by atoms with E-state index in [9.17, 15) is 9.59 Å². The van der Waals surface area contributed by atoms with E-state index in [4.69, 9.17) is 37.9 Å². The van der Waals surface area contributed by atoms with Gasteiger partial charge in [-0.2, -0.15) is 0 Å². The predicted molar refractivity (Wildman–Crippen MR) is 200 cm³/mol. The van der Waals surface area contributed by atoms with Crippen molar-refractivity contribution in [2.45, 2.75) is 112 Å². The summed E-state index contributed by atoms with van der Waals surface area (Å²) in [6.07, 6.45) is -4.52. The molecule has 0 aliphatic heterocycles. The molecule has 2 aromatic carbocycles. The number of ether oxygens (including phenoxy) is 8. The van der Waals surface area contributed by atoms with Gasteiger partial charge in [-0.3, -0.25) is 0 Å². The topological polar surface area (TPSA) is 108 Å². The number of rotatable bonds is 18. The van der Waals surface area contributed by atoms with Gasteiger partial charge in [0.2, 0.25) is 12.6 Å². The van der Waals surface area contributed by atoms with Gasteiger partial charge in [0, 0.05) is 16.6 Å². The van der Waals surface area contributed by atoms with Crippen molar-refractivity contribution in [2.75, 3.05) is 0 Å². The average Bonchev–Trinajstić information content (AvgIpc) is 2.95. The molecule has 0 saturated heterocycles. The molecule has 0 fully saturated rings. The molecule has 0 spiro atoms. The van der Waals surface area contributed by atoms with Crippen LogP contribution < -0.4 is 9.47 Å². The molecular formula is C35H44Br4O10. The predicted octanol–water partition coefficient (Wildman–Crippen LogP) is 10.2. The zero-order valence-corrected chi connectivity index (χ0v) is 35.6. The van der Waals surface area contributed by atoms with Crippen molar-refractivity contribution in [3.8, 4) is 11.5 Å². The van der Waals surface area contributed by atoms with Crippen LogP contribution in [0.5, 0.6) is 11.5 Å². The molecule has 0 heterocycles. The fourth-order valence-electron chi connectivity index (χ4n) is 4.32. The van der Waals surface area contributed by atoms with Gasteiger partial charge in [0.1, 0.15) is 0 Å². The Kier molecular flexibility index (Phi) is 17.0. The molecule has 10 nitrogen and oxygen atoms in total. The van der Waals surface area contributed by atoms with Crippen molar-refractivity contribution in [2.24, 2.45) is 0 Å². The molecule has 0 aromatic heterocycles. The standard InChI is InChI=1S/C35H44Br4O10/c1-17(2)33(40)48-23(9)44-19(5)42-21(7)46-31-27(36)13-25(14-28(31)37)35(11,12)26-15-29(38)32(30(39)16-26)47-22(8)43-20(6)45-24(10)49-34(41)18(3)4/h13-16,19-24H,1,3H2,2,4-12H3. The van der Waals surface area contributed by atoms with Crippen LogP contribution in [0.15, 0.2) is 66.5 Å². The number of hydrogen-bond donors (Lipinski definition) is 0. The average molecular weight is 944 g/mol. The lowest BCUT2D eigenvalue weighted by molar-refractivity contribution is -0.260. The molecule has 0 bridgehead atoms. The highest BCUT2D eigenvalue weighted by Gasteiger charge is 2.29. The van der Waals surface area contributed by atoms with Crippen LogP contribution in [-0.4, -0.2) is 49.7 Å². The van der Waals surface area contributed by atoms with E-state index in [0.29, 0.717) is 29.4 Å². The van der Waals surface area contributed by atoms with Crippen molar-refractivity contribution in [1.29, 1.82) is 0 Å². The minimum absolute atomic E-state index is 0.277. The van der Waals surface area contributed by atoms with Gasteiger partial charge in [0.25, 0.3) is 0 Å². The first-order chi connectivity index (χ1) is 22.6. The summed E-state index contributed by atoms with van der Waals surface area (Å²) in [5, 5.41) is 0. The van der Waals surface area contributed by atoms with Crippen LogP contribution in [0.2, 0.25) is 0 Å². The lowest BCUT2D eigenvalue weighted by atomic mass is 9.78. The van der Waals surface area contributed by atoms with Crippen molar-refractivity contribution >= 4 is 75.7 Å². The normalized spacial score (nSPS) is 15.3. The second-order valence-corrected chi connectivity index (χ2v) is 15.1. The fourth-order valence-corrected chi connectivity index (χ4v) is 7.07. The van der Waals surface area contributed by atoms with Gasteiger partial charge in [0.15, 0.2) is 36.7 Å². The summed E-state index contributed by atoms with van der Waals surface area (Å²) in [5.74, 6) is -0.000609. The van der Waals surface area contributed by atoms with E-state index in [1.54, 1.807) is 55.4 Å². The molecule has 0 saturated carbocycles. The molecule has 0 aliphatic carbocycles. The van der Waals surface area contributed by atoms with Gasteiger partial charge in [-0.05, 0) is 155 Å². The summed E-state index contributed by atoms with van der Waals surface area (Å²) in [4.78, 5) is 23.5. The largest absolute Gasteiger partial charge is 0.463 e. The molecule has 2 rings (SSSR count). The minimum atomic E-state index is -0.831. The summed E-state index contributed by atoms with van der Waals surface area (Å²) >= 11 is 14.6. The maximum atomic E-state index is 11.7. The first-order valence-corrected chi connectivity index (χ1v) is 18.5. The van der Waals surface area contributed by atoms with Gasteiger partial charge in [0.05, 0.1) is 17.9 Å². The summed E-state index contributed by atoms with van der Waals surface area (Å²) in [6, 6.07) is 7.96. The van der Waals surface area contributed by atoms with Crippen LogP contribution >= 0.6 is 63.7 Å². The first-order valence-electron chi connectivity index (χ1n) is 15.3. The number of esters is 2. The smallest absolute Gasteiger partial charge is 0.335 e. The summed E-state index contributed by atoms with van der Waals surface area (Å²) in [7, 11) is 0. The Bertz CT molecular complexity index is 1360. The van der Waals surface area contributed by atoms with E-state index in [1.165, 1.54) is 0 Å². The van der Waals surface area contributed by atoms with E-state index in [-0.39, 0.29) is 11.1 Å². The van der Waals surface area contributed by atoms with Crippen molar-refractivity contribution in [1.82, 2.24) is 0 Å². The Hall–Kier alpha value is -1.78. The third-order valence-electron chi connectivity index (χ3n) is 6.78. The molecule has 0 radical (unpaired) electrons. The van der Waals surface area contributed by atoms with E-state index < -0.39 is 55.1 Å². The second kappa shape index (κ2) is 19.2. The maximum Gasteiger partial charge on any atom is 0.335 e. The molecule has 49 heavy (non-hydrogen) atoms. The number of carbonyl (C=O) groups is 2. The Morgan fingerprint density at radius 3 is 1.08 bits per heavy atom. The zero-order chi connectivity index (χ0) is 37.4. The Labute approximate surface area is 322 Å². The monoisotopic (exact) mass is 940 g/mol. The lowest BCUT2D eigenvalue weighted by Gasteiger charge is -2.29. The van der Waals surface area contributed by atoms with Crippen LogP contribution in [0, 0.1) is 0 Å². The quantitative estimate of drug-likeness (QED) is 0.0815. The fraction of sp³-hybridized carbons (Fsp3) is 0.486. The summed E-state index contributed by atoms with van der Waals surface area (Å²) in [5.41, 5.74) is 2.08. The van der Waals surface area contributed by atoms with E-state index in [0.717, 1.165) is 11.1 Å². The number of halogens is 4. The SMILES string of the molecule is C=C(C)C(=O)OC(C)OC(C)OC(C)Oc1c(Br)cc(C(C)(C)c2cc(Br)c(OC(C)OC(C)OC(C)OC(=O)C(=C)C)c(Br)c2)cc1Br. The van der Waals surface area contributed by atoms with Crippen LogP contribution in [0.1, 0.15) is 80.4 Å². The number of carbonyl (C=O) groups excluding carboxylic acids is 2. The van der Waals surface area contributed by atoms with Crippen LogP contribution in [0.25, 0.3) is 0 Å². The van der Waals surface area contributed by atoms with Gasteiger partial charge in [-0.15, -0.1) is 0 Å². The second-order valence-electron chi connectivity index (χ2n) is 11.7. The van der Waals surface area contributed by atoms with E-state index >= 15 is 0 Å². The summed E-state index contributed by atoms with van der Waals surface area (Å²) < 4.78 is 48.1. The highest BCUT2D eigenvalue weighted by Crippen LogP contribution is 2.44. The van der Waals surface area contributed by atoms with Crippen LogP contribution in [0.3, 0.4) is 0 Å². The Balaban J connectivity index is 2.12. The third-order valence-corrected chi connectivity index (χ3v) is 9.14. The van der Waals surface area contributed by atoms with Gasteiger partial charge in [-0.25, -0.2) is 9.59 Å². The van der Waals surface area contributed by atoms with Crippen molar-refractivity contribution in [3.63, 3.8) is 0 Å². The molecule has 2 aromatic rings. The number of benzene rings is 2. The number of hydrogen-bond acceptors (Lipinski definition) is 10.